The van der Waals surface area contributed by atoms with Crippen LogP contribution in [0, 0.1) is 12.7 Å². The molecule has 0 saturated carbocycles. The van der Waals surface area contributed by atoms with Gasteiger partial charge in [-0.3, -0.25) is 0 Å². The SMILES string of the molecule is CCN(CC)C(N)=NCc1ccc(C)c(F)c1. The van der Waals surface area contributed by atoms with Crippen LogP contribution in [0.5, 0.6) is 0 Å². The Labute approximate surface area is 102 Å². The lowest BCUT2D eigenvalue weighted by Crippen LogP contribution is -2.37. The number of nitrogens with zero attached hydrogens (tertiary/aromatic N) is 2. The maximum absolute atomic E-state index is 13.3. The standard InChI is InChI=1S/C13H20FN3/c1-4-17(5-2)13(15)16-9-11-7-6-10(3)12(14)8-11/h6-8H,4-5,9H2,1-3H3,(H2,15,16). The van der Waals surface area contributed by atoms with Crippen LogP contribution in [0.15, 0.2) is 23.2 Å². The molecule has 17 heavy (non-hydrogen) atoms. The Morgan fingerprint density at radius 3 is 2.53 bits per heavy atom. The van der Waals surface area contributed by atoms with E-state index in [4.69, 9.17) is 5.73 Å². The van der Waals surface area contributed by atoms with Crippen LogP contribution in [0.3, 0.4) is 0 Å². The van der Waals surface area contributed by atoms with Gasteiger partial charge in [-0.25, -0.2) is 9.38 Å². The van der Waals surface area contributed by atoms with E-state index >= 15 is 0 Å². The van der Waals surface area contributed by atoms with Crippen molar-refractivity contribution in [3.05, 3.63) is 35.1 Å². The molecule has 0 bridgehead atoms. The highest BCUT2D eigenvalue weighted by molar-refractivity contribution is 5.77. The largest absolute Gasteiger partial charge is 0.370 e. The summed E-state index contributed by atoms with van der Waals surface area (Å²) in [7, 11) is 0. The van der Waals surface area contributed by atoms with Crippen molar-refractivity contribution >= 4 is 5.96 Å². The summed E-state index contributed by atoms with van der Waals surface area (Å²) < 4.78 is 13.3. The van der Waals surface area contributed by atoms with E-state index in [0.717, 1.165) is 18.7 Å². The van der Waals surface area contributed by atoms with Crippen molar-refractivity contribution < 1.29 is 4.39 Å². The molecule has 0 amide bonds. The van der Waals surface area contributed by atoms with Crippen LogP contribution in [0.2, 0.25) is 0 Å². The van der Waals surface area contributed by atoms with Crippen molar-refractivity contribution in [3.8, 4) is 0 Å². The third kappa shape index (κ3) is 3.73. The fraction of sp³-hybridized carbons (Fsp3) is 0.462. The van der Waals surface area contributed by atoms with E-state index in [1.165, 1.54) is 6.07 Å². The van der Waals surface area contributed by atoms with Gasteiger partial charge in [0.05, 0.1) is 6.54 Å². The number of benzene rings is 1. The summed E-state index contributed by atoms with van der Waals surface area (Å²) in [4.78, 5) is 6.22. The van der Waals surface area contributed by atoms with Crippen molar-refractivity contribution in [1.29, 1.82) is 0 Å². The smallest absolute Gasteiger partial charge is 0.191 e. The maximum atomic E-state index is 13.3. The zero-order valence-corrected chi connectivity index (χ0v) is 10.7. The summed E-state index contributed by atoms with van der Waals surface area (Å²) in [6.07, 6.45) is 0. The Balaban J connectivity index is 2.71. The first-order valence-electron chi connectivity index (χ1n) is 5.88. The van der Waals surface area contributed by atoms with Crippen LogP contribution in [0.25, 0.3) is 0 Å². The predicted octanol–water partition coefficient (Wildman–Crippen LogP) is 2.29. The monoisotopic (exact) mass is 237 g/mol. The summed E-state index contributed by atoms with van der Waals surface area (Å²) in [5.74, 6) is 0.315. The van der Waals surface area contributed by atoms with E-state index < -0.39 is 0 Å². The number of rotatable bonds is 4. The van der Waals surface area contributed by atoms with Crippen LogP contribution < -0.4 is 5.73 Å². The summed E-state index contributed by atoms with van der Waals surface area (Å²) in [5.41, 5.74) is 7.32. The van der Waals surface area contributed by atoms with Crippen LogP contribution in [0.4, 0.5) is 4.39 Å². The van der Waals surface area contributed by atoms with Crippen molar-refractivity contribution in [2.75, 3.05) is 13.1 Å². The minimum absolute atomic E-state index is 0.195. The molecule has 0 spiro atoms. The molecule has 0 heterocycles. The van der Waals surface area contributed by atoms with Crippen molar-refractivity contribution in [3.63, 3.8) is 0 Å². The lowest BCUT2D eigenvalue weighted by Gasteiger charge is -2.19. The summed E-state index contributed by atoms with van der Waals surface area (Å²) in [5, 5.41) is 0. The van der Waals surface area contributed by atoms with Crippen LogP contribution in [-0.4, -0.2) is 23.9 Å². The van der Waals surface area contributed by atoms with Crippen LogP contribution in [-0.2, 0) is 6.54 Å². The normalized spacial score (nSPS) is 11.6. The summed E-state index contributed by atoms with van der Waals surface area (Å²) >= 11 is 0. The van der Waals surface area contributed by atoms with Crippen LogP contribution in [0.1, 0.15) is 25.0 Å². The number of hydrogen-bond donors (Lipinski definition) is 1. The molecule has 0 fully saturated rings. The maximum Gasteiger partial charge on any atom is 0.191 e. The Bertz CT molecular complexity index is 398. The highest BCUT2D eigenvalue weighted by atomic mass is 19.1. The van der Waals surface area contributed by atoms with Gasteiger partial charge in [0.2, 0.25) is 0 Å². The number of aliphatic imine (C=N–C) groups is 1. The molecule has 0 aliphatic carbocycles. The number of nitrogens with two attached hydrogens (primary N) is 1. The molecule has 1 aromatic carbocycles. The van der Waals surface area contributed by atoms with E-state index in [0.29, 0.717) is 18.1 Å². The van der Waals surface area contributed by atoms with E-state index in [9.17, 15) is 4.39 Å². The Morgan fingerprint density at radius 1 is 1.35 bits per heavy atom. The Kier molecular flexibility index (Phi) is 4.94. The average molecular weight is 237 g/mol. The topological polar surface area (TPSA) is 41.6 Å². The van der Waals surface area contributed by atoms with E-state index in [2.05, 4.69) is 4.99 Å². The number of guanidine groups is 1. The van der Waals surface area contributed by atoms with Gasteiger partial charge < -0.3 is 10.6 Å². The predicted molar refractivity (Wildman–Crippen MR) is 69.4 cm³/mol. The number of halogens is 1. The van der Waals surface area contributed by atoms with Gasteiger partial charge in [0, 0.05) is 13.1 Å². The summed E-state index contributed by atoms with van der Waals surface area (Å²) in [6, 6.07) is 5.14. The Morgan fingerprint density at radius 2 is 2.00 bits per heavy atom. The fourth-order valence-electron chi connectivity index (χ4n) is 1.55. The third-order valence-corrected chi connectivity index (χ3v) is 2.75. The van der Waals surface area contributed by atoms with Gasteiger partial charge in [-0.15, -0.1) is 0 Å². The summed E-state index contributed by atoms with van der Waals surface area (Å²) in [6.45, 7) is 7.86. The molecule has 1 aromatic rings. The second-order valence-electron chi connectivity index (χ2n) is 3.93. The highest BCUT2D eigenvalue weighted by Gasteiger charge is 2.02. The first kappa shape index (κ1) is 13.5. The van der Waals surface area contributed by atoms with Gasteiger partial charge in [0.15, 0.2) is 5.96 Å². The minimum Gasteiger partial charge on any atom is -0.370 e. The van der Waals surface area contributed by atoms with Gasteiger partial charge in [-0.1, -0.05) is 12.1 Å². The minimum atomic E-state index is -0.195. The molecule has 0 unspecified atom stereocenters. The average Bonchev–Trinajstić information content (AvgIpc) is 2.32. The second kappa shape index (κ2) is 6.23. The van der Waals surface area contributed by atoms with Gasteiger partial charge >= 0.3 is 0 Å². The van der Waals surface area contributed by atoms with E-state index in [1.807, 2.05) is 24.8 Å². The highest BCUT2D eigenvalue weighted by Crippen LogP contribution is 2.10. The first-order valence-corrected chi connectivity index (χ1v) is 5.88. The van der Waals surface area contributed by atoms with E-state index in [1.54, 1.807) is 13.0 Å². The molecule has 0 radical (unpaired) electrons. The van der Waals surface area contributed by atoms with Gasteiger partial charge in [0.1, 0.15) is 5.82 Å². The molecule has 94 valence electrons. The molecule has 0 aromatic heterocycles. The van der Waals surface area contributed by atoms with Gasteiger partial charge in [-0.2, -0.15) is 0 Å². The molecule has 1 rings (SSSR count). The molecule has 0 aliphatic heterocycles. The van der Waals surface area contributed by atoms with Crippen LogP contribution >= 0.6 is 0 Å². The molecule has 4 heteroatoms. The van der Waals surface area contributed by atoms with Crippen molar-refractivity contribution in [2.24, 2.45) is 10.7 Å². The second-order valence-corrected chi connectivity index (χ2v) is 3.93. The molecular formula is C13H20FN3. The molecule has 3 nitrogen and oxygen atoms in total. The third-order valence-electron chi connectivity index (χ3n) is 2.75. The lowest BCUT2D eigenvalue weighted by atomic mass is 10.1. The Hall–Kier alpha value is -1.58. The molecule has 0 saturated heterocycles. The fourth-order valence-corrected chi connectivity index (χ4v) is 1.55. The molecule has 2 N–H and O–H groups in total. The zero-order chi connectivity index (χ0) is 12.8. The van der Waals surface area contributed by atoms with Gasteiger partial charge in [0.25, 0.3) is 0 Å². The molecule has 0 aliphatic rings. The van der Waals surface area contributed by atoms with Crippen molar-refractivity contribution in [1.82, 2.24) is 4.90 Å². The first-order chi connectivity index (χ1) is 8.08. The number of aryl methyl sites for hydroxylation is 1. The van der Waals surface area contributed by atoms with Crippen molar-refractivity contribution in [2.45, 2.75) is 27.3 Å². The van der Waals surface area contributed by atoms with Gasteiger partial charge in [-0.05, 0) is 38.0 Å². The zero-order valence-electron chi connectivity index (χ0n) is 10.7. The molecular weight excluding hydrogens is 217 g/mol. The lowest BCUT2D eigenvalue weighted by molar-refractivity contribution is 0.458. The quantitative estimate of drug-likeness (QED) is 0.645. The van der Waals surface area contributed by atoms with E-state index in [-0.39, 0.29) is 5.82 Å². The molecule has 0 atom stereocenters. The number of hydrogen-bond acceptors (Lipinski definition) is 1.